The highest BCUT2D eigenvalue weighted by Gasteiger charge is 2.18. The Morgan fingerprint density at radius 3 is 2.73 bits per heavy atom. The normalized spacial score (nSPS) is 12.3. The molecule has 0 bridgehead atoms. The van der Waals surface area contributed by atoms with Gasteiger partial charge in [-0.25, -0.2) is 0 Å². The van der Waals surface area contributed by atoms with Gasteiger partial charge in [-0.2, -0.15) is 0 Å². The summed E-state index contributed by atoms with van der Waals surface area (Å²) in [6.45, 7) is 1.25. The molecule has 0 radical (unpaired) electrons. The van der Waals surface area contributed by atoms with E-state index in [4.69, 9.17) is 21.1 Å². The molecule has 0 aliphatic carbocycles. The average molecular weight is 421 g/mol. The van der Waals surface area contributed by atoms with Gasteiger partial charge in [0.15, 0.2) is 11.5 Å². The van der Waals surface area contributed by atoms with Crippen LogP contribution in [0.15, 0.2) is 73.1 Å². The van der Waals surface area contributed by atoms with E-state index >= 15 is 0 Å². The van der Waals surface area contributed by atoms with Crippen LogP contribution in [0.3, 0.4) is 0 Å². The highest BCUT2D eigenvalue weighted by Crippen LogP contribution is 2.40. The number of amides is 1. The van der Waals surface area contributed by atoms with Crippen molar-refractivity contribution in [2.24, 2.45) is 0 Å². The van der Waals surface area contributed by atoms with Crippen LogP contribution in [0.2, 0.25) is 5.02 Å². The lowest BCUT2D eigenvalue weighted by Gasteiger charge is -2.21. The molecule has 0 N–H and O–H groups in total. The van der Waals surface area contributed by atoms with E-state index in [0.29, 0.717) is 29.6 Å². The largest absolute Gasteiger partial charge is 0.454 e. The number of pyridine rings is 1. The monoisotopic (exact) mass is 420 g/mol. The Labute approximate surface area is 180 Å². The molecule has 0 saturated heterocycles. The van der Waals surface area contributed by atoms with Crippen molar-refractivity contribution in [2.75, 3.05) is 13.3 Å². The lowest BCUT2D eigenvalue weighted by atomic mass is 10.1. The molecular formula is C24H21ClN2O3. The number of halogens is 1. The maximum Gasteiger partial charge on any atom is 0.246 e. The van der Waals surface area contributed by atoms with Gasteiger partial charge in [-0.1, -0.05) is 48.0 Å². The van der Waals surface area contributed by atoms with Crippen LogP contribution in [0.1, 0.15) is 16.7 Å². The maximum atomic E-state index is 13.0. The second kappa shape index (κ2) is 9.46. The van der Waals surface area contributed by atoms with Crippen LogP contribution in [0.5, 0.6) is 11.5 Å². The van der Waals surface area contributed by atoms with Gasteiger partial charge < -0.3 is 14.4 Å². The van der Waals surface area contributed by atoms with Crippen LogP contribution in [-0.4, -0.2) is 29.1 Å². The van der Waals surface area contributed by atoms with Crippen LogP contribution < -0.4 is 9.47 Å². The first kappa shape index (κ1) is 20.0. The number of hydrogen-bond donors (Lipinski definition) is 0. The minimum atomic E-state index is -0.0800. The average Bonchev–Trinajstić information content (AvgIpc) is 3.26. The van der Waals surface area contributed by atoms with Gasteiger partial charge in [0.2, 0.25) is 12.7 Å². The smallest absolute Gasteiger partial charge is 0.246 e. The van der Waals surface area contributed by atoms with E-state index in [-0.39, 0.29) is 12.7 Å². The molecule has 1 amide bonds. The summed E-state index contributed by atoms with van der Waals surface area (Å²) in [5.41, 5.74) is 2.95. The Morgan fingerprint density at radius 2 is 1.93 bits per heavy atom. The maximum absolute atomic E-state index is 13.0. The summed E-state index contributed by atoms with van der Waals surface area (Å²) >= 11 is 6.24. The van der Waals surface area contributed by atoms with Crippen molar-refractivity contribution >= 4 is 23.6 Å². The first-order valence-corrected chi connectivity index (χ1v) is 10.1. The van der Waals surface area contributed by atoms with Gasteiger partial charge in [0.1, 0.15) is 0 Å². The zero-order valence-corrected chi connectivity index (χ0v) is 17.1. The van der Waals surface area contributed by atoms with Gasteiger partial charge >= 0.3 is 0 Å². The standard InChI is InChI=1S/C24H21ClN2O3/c25-21-13-19(14-22-24(21)30-17-29-22)8-9-23(28)27(16-20-7-4-11-26-15-20)12-10-18-5-2-1-3-6-18/h1-9,11,13-15H,10,12,16-17H2/b9-8+. The second-order valence-corrected chi connectivity index (χ2v) is 7.33. The zero-order valence-electron chi connectivity index (χ0n) is 16.3. The highest BCUT2D eigenvalue weighted by atomic mass is 35.5. The number of ether oxygens (including phenoxy) is 2. The van der Waals surface area contributed by atoms with Crippen LogP contribution in [0, 0.1) is 0 Å². The minimum absolute atomic E-state index is 0.0800. The van der Waals surface area contributed by atoms with Crippen LogP contribution in [0.4, 0.5) is 0 Å². The van der Waals surface area contributed by atoms with Gasteiger partial charge in [0.05, 0.1) is 5.02 Å². The number of carbonyl (C=O) groups excluding carboxylic acids is 1. The summed E-state index contributed by atoms with van der Waals surface area (Å²) < 4.78 is 10.7. The number of benzene rings is 2. The molecule has 5 nitrogen and oxygen atoms in total. The molecule has 3 aromatic rings. The fourth-order valence-electron chi connectivity index (χ4n) is 3.24. The third-order valence-corrected chi connectivity index (χ3v) is 5.07. The Balaban J connectivity index is 1.49. The zero-order chi connectivity index (χ0) is 20.8. The van der Waals surface area contributed by atoms with Gasteiger partial charge in [-0.3, -0.25) is 9.78 Å². The SMILES string of the molecule is O=C(/C=C/c1cc(Cl)c2c(c1)OCO2)N(CCc1ccccc1)Cc1cccnc1. The fraction of sp³-hybridized carbons (Fsp3) is 0.167. The fourth-order valence-corrected chi connectivity index (χ4v) is 3.52. The number of carbonyl (C=O) groups is 1. The molecule has 0 spiro atoms. The Morgan fingerprint density at radius 1 is 1.10 bits per heavy atom. The molecule has 1 aliphatic heterocycles. The molecule has 1 aliphatic rings. The lowest BCUT2D eigenvalue weighted by molar-refractivity contribution is -0.126. The lowest BCUT2D eigenvalue weighted by Crippen LogP contribution is -2.31. The molecule has 6 heteroatoms. The van der Waals surface area contributed by atoms with E-state index in [0.717, 1.165) is 17.5 Å². The second-order valence-electron chi connectivity index (χ2n) is 6.93. The van der Waals surface area contributed by atoms with E-state index in [9.17, 15) is 4.79 Å². The number of aromatic nitrogens is 1. The Hall–Kier alpha value is -3.31. The molecule has 0 unspecified atom stereocenters. The number of rotatable bonds is 7. The molecule has 4 rings (SSSR count). The molecule has 2 aromatic carbocycles. The Kier molecular flexibility index (Phi) is 6.30. The number of nitrogens with zero attached hydrogens (tertiary/aromatic N) is 2. The van der Waals surface area contributed by atoms with Crippen LogP contribution >= 0.6 is 11.6 Å². The van der Waals surface area contributed by atoms with Crippen molar-refractivity contribution in [3.05, 3.63) is 94.8 Å². The minimum Gasteiger partial charge on any atom is -0.454 e. The van der Waals surface area contributed by atoms with E-state index in [1.807, 2.05) is 41.3 Å². The molecule has 30 heavy (non-hydrogen) atoms. The van der Waals surface area contributed by atoms with E-state index in [2.05, 4.69) is 17.1 Å². The Bertz CT molecular complexity index is 1040. The quantitative estimate of drug-likeness (QED) is 0.517. The number of fused-ring (bicyclic) bond motifs is 1. The predicted octanol–water partition coefficient (Wildman–Crippen LogP) is 4.75. The van der Waals surface area contributed by atoms with Crippen molar-refractivity contribution < 1.29 is 14.3 Å². The molecule has 1 aromatic heterocycles. The molecular weight excluding hydrogens is 400 g/mol. The molecule has 152 valence electrons. The van der Waals surface area contributed by atoms with Crippen molar-refractivity contribution in [1.82, 2.24) is 9.88 Å². The van der Waals surface area contributed by atoms with Crippen LogP contribution in [0.25, 0.3) is 6.08 Å². The molecule has 0 saturated carbocycles. The van der Waals surface area contributed by atoms with E-state index in [1.165, 1.54) is 5.56 Å². The van der Waals surface area contributed by atoms with Gasteiger partial charge in [0, 0.05) is 31.6 Å². The van der Waals surface area contributed by atoms with Crippen molar-refractivity contribution in [3.8, 4) is 11.5 Å². The topological polar surface area (TPSA) is 51.7 Å². The first-order valence-electron chi connectivity index (χ1n) is 9.68. The number of hydrogen-bond acceptors (Lipinski definition) is 4. The summed E-state index contributed by atoms with van der Waals surface area (Å²) in [6.07, 6.45) is 7.59. The van der Waals surface area contributed by atoms with Gasteiger partial charge in [0.25, 0.3) is 0 Å². The van der Waals surface area contributed by atoms with E-state index < -0.39 is 0 Å². The summed E-state index contributed by atoms with van der Waals surface area (Å²) in [4.78, 5) is 19.0. The predicted molar refractivity (Wildman–Crippen MR) is 116 cm³/mol. The first-order chi connectivity index (χ1) is 14.7. The van der Waals surface area contributed by atoms with Gasteiger partial charge in [-0.15, -0.1) is 0 Å². The highest BCUT2D eigenvalue weighted by molar-refractivity contribution is 6.32. The van der Waals surface area contributed by atoms with Crippen molar-refractivity contribution in [2.45, 2.75) is 13.0 Å². The van der Waals surface area contributed by atoms with Crippen molar-refractivity contribution in [1.29, 1.82) is 0 Å². The summed E-state index contributed by atoms with van der Waals surface area (Å²) in [5, 5.41) is 0.466. The summed E-state index contributed by atoms with van der Waals surface area (Å²) in [6, 6.07) is 17.5. The van der Waals surface area contributed by atoms with Crippen molar-refractivity contribution in [3.63, 3.8) is 0 Å². The molecule has 0 fully saturated rings. The molecule has 0 atom stereocenters. The van der Waals surface area contributed by atoms with Crippen LogP contribution in [-0.2, 0) is 17.8 Å². The summed E-state index contributed by atoms with van der Waals surface area (Å²) in [5.74, 6) is 1.05. The van der Waals surface area contributed by atoms with Gasteiger partial charge in [-0.05, 0) is 47.4 Å². The van der Waals surface area contributed by atoms with E-state index in [1.54, 1.807) is 30.6 Å². The third kappa shape index (κ3) is 4.99. The molecule has 2 heterocycles. The third-order valence-electron chi connectivity index (χ3n) is 4.79. The summed E-state index contributed by atoms with van der Waals surface area (Å²) in [7, 11) is 0.